The Hall–Kier alpha value is -3.46. The van der Waals surface area contributed by atoms with Crippen LogP contribution in [0.3, 0.4) is 0 Å². The highest BCUT2D eigenvalue weighted by Gasteiger charge is 2.32. The Morgan fingerprint density at radius 1 is 0.879 bits per heavy atom. The summed E-state index contributed by atoms with van der Waals surface area (Å²) < 4.78 is 111. The first-order valence-corrected chi connectivity index (χ1v) is 11.7. The number of alkyl halides is 3. The van der Waals surface area contributed by atoms with Crippen LogP contribution in [0.4, 0.5) is 29.2 Å². The van der Waals surface area contributed by atoms with E-state index in [0.29, 0.717) is 17.9 Å². The highest BCUT2D eigenvalue weighted by molar-refractivity contribution is 7.93. The Morgan fingerprint density at radius 3 is 2.00 bits per heavy atom. The molecule has 15 heteroatoms. The number of benzene rings is 2. The van der Waals surface area contributed by atoms with Gasteiger partial charge in [0.1, 0.15) is 10.7 Å². The molecule has 1 heterocycles. The van der Waals surface area contributed by atoms with Crippen molar-refractivity contribution in [3.05, 3.63) is 66.2 Å². The molecule has 3 rings (SSSR count). The first kappa shape index (κ1) is 24.2. The van der Waals surface area contributed by atoms with E-state index < -0.39 is 42.5 Å². The lowest BCUT2D eigenvalue weighted by atomic mass is 10.2. The molecule has 0 amide bonds. The highest BCUT2D eigenvalue weighted by Crippen LogP contribution is 2.31. The summed E-state index contributed by atoms with van der Waals surface area (Å²) >= 11 is 0. The van der Waals surface area contributed by atoms with Crippen molar-refractivity contribution in [1.29, 1.82) is 0 Å². The van der Waals surface area contributed by atoms with Crippen LogP contribution in [0.2, 0.25) is 0 Å². The Kier molecular flexibility index (Phi) is 6.46. The van der Waals surface area contributed by atoms with Crippen LogP contribution < -0.4 is 14.2 Å². The van der Waals surface area contributed by atoms with Crippen LogP contribution in [0.1, 0.15) is 5.56 Å². The van der Waals surface area contributed by atoms with Crippen LogP contribution in [0, 0.1) is 5.82 Å². The number of hydrogen-bond acceptors (Lipinski definition) is 7. The second-order valence-electron chi connectivity index (χ2n) is 6.32. The van der Waals surface area contributed by atoms with Crippen molar-refractivity contribution < 1.29 is 39.1 Å². The minimum Gasteiger partial charge on any atom is -0.494 e. The molecule has 0 atom stereocenters. The number of nitrogens with zero attached hydrogens (tertiary/aromatic N) is 2. The maximum absolute atomic E-state index is 14.0. The SMILES string of the molecule is COc1cnc(NS(=O)(=O)c2ccc(NS(=O)(=O)c3ccc(C(F)(F)F)cc3F)cc2)nc1. The van der Waals surface area contributed by atoms with E-state index in [1.54, 1.807) is 0 Å². The molecule has 0 unspecified atom stereocenters. The summed E-state index contributed by atoms with van der Waals surface area (Å²) in [5, 5.41) is 0. The lowest BCUT2D eigenvalue weighted by Gasteiger charge is -2.12. The monoisotopic (exact) mass is 506 g/mol. The Morgan fingerprint density at radius 2 is 1.48 bits per heavy atom. The molecule has 0 aliphatic rings. The summed E-state index contributed by atoms with van der Waals surface area (Å²) in [6.07, 6.45) is -2.37. The van der Waals surface area contributed by atoms with Gasteiger partial charge in [0.2, 0.25) is 5.95 Å². The first-order chi connectivity index (χ1) is 15.3. The van der Waals surface area contributed by atoms with Crippen LogP contribution in [0.15, 0.2) is 64.6 Å². The van der Waals surface area contributed by atoms with Crippen LogP contribution >= 0.6 is 0 Å². The Labute approximate surface area is 185 Å². The average Bonchev–Trinajstić information content (AvgIpc) is 2.73. The van der Waals surface area contributed by atoms with Crippen molar-refractivity contribution in [3.63, 3.8) is 0 Å². The molecule has 3 aromatic rings. The zero-order valence-corrected chi connectivity index (χ0v) is 18.1. The molecular weight excluding hydrogens is 492 g/mol. The van der Waals surface area contributed by atoms with Crippen LogP contribution in [0.5, 0.6) is 5.75 Å². The summed E-state index contributed by atoms with van der Waals surface area (Å²) in [5.74, 6) is -1.53. The molecule has 0 fully saturated rings. The minimum absolute atomic E-state index is 0.0666. The van der Waals surface area contributed by atoms with Gasteiger partial charge in [-0.05, 0) is 42.5 Å². The number of rotatable bonds is 7. The van der Waals surface area contributed by atoms with Gasteiger partial charge < -0.3 is 4.74 Å². The third kappa shape index (κ3) is 5.67. The molecule has 0 radical (unpaired) electrons. The molecule has 0 aliphatic carbocycles. The molecule has 0 saturated heterocycles. The normalized spacial score (nSPS) is 12.3. The average molecular weight is 506 g/mol. The van der Waals surface area contributed by atoms with E-state index >= 15 is 0 Å². The molecular formula is C18H14F4N4O5S2. The molecule has 9 nitrogen and oxygen atoms in total. The van der Waals surface area contributed by atoms with E-state index in [4.69, 9.17) is 4.74 Å². The number of aromatic nitrogens is 2. The van der Waals surface area contributed by atoms with E-state index in [0.717, 1.165) is 24.3 Å². The van der Waals surface area contributed by atoms with Crippen molar-refractivity contribution >= 4 is 31.7 Å². The van der Waals surface area contributed by atoms with Crippen molar-refractivity contribution in [2.45, 2.75) is 16.0 Å². The van der Waals surface area contributed by atoms with Crippen molar-refractivity contribution in [1.82, 2.24) is 9.97 Å². The van der Waals surface area contributed by atoms with Gasteiger partial charge in [0.05, 0.1) is 30.0 Å². The topological polar surface area (TPSA) is 127 Å². The maximum Gasteiger partial charge on any atom is 0.416 e. The van der Waals surface area contributed by atoms with E-state index in [9.17, 15) is 34.4 Å². The number of ether oxygens (including phenoxy) is 1. The third-order valence-electron chi connectivity index (χ3n) is 4.06. The highest BCUT2D eigenvalue weighted by atomic mass is 32.2. The van der Waals surface area contributed by atoms with Crippen molar-refractivity contribution in [2.75, 3.05) is 16.6 Å². The summed E-state index contributed by atoms with van der Waals surface area (Å²) in [4.78, 5) is 6.25. The van der Waals surface area contributed by atoms with Crippen molar-refractivity contribution in [3.8, 4) is 5.75 Å². The quantitative estimate of drug-likeness (QED) is 0.471. The van der Waals surface area contributed by atoms with Gasteiger partial charge in [-0.15, -0.1) is 0 Å². The number of halogens is 4. The van der Waals surface area contributed by atoms with Gasteiger partial charge in [-0.3, -0.25) is 4.72 Å². The predicted octanol–water partition coefficient (Wildman–Crippen LogP) is 3.24. The Balaban J connectivity index is 1.78. The molecule has 0 saturated carbocycles. The van der Waals surface area contributed by atoms with E-state index in [1.807, 2.05) is 4.72 Å². The second-order valence-corrected chi connectivity index (χ2v) is 9.66. The largest absolute Gasteiger partial charge is 0.494 e. The van der Waals surface area contributed by atoms with Gasteiger partial charge in [0.15, 0.2) is 5.75 Å². The van der Waals surface area contributed by atoms with Gasteiger partial charge in [-0.25, -0.2) is 35.9 Å². The fourth-order valence-electron chi connectivity index (χ4n) is 2.46. The smallest absolute Gasteiger partial charge is 0.416 e. The lowest BCUT2D eigenvalue weighted by molar-refractivity contribution is -0.137. The van der Waals surface area contributed by atoms with Gasteiger partial charge in [0.25, 0.3) is 20.0 Å². The number of anilines is 2. The zero-order chi connectivity index (χ0) is 24.4. The molecule has 2 N–H and O–H groups in total. The number of methoxy groups -OCH3 is 1. The molecule has 0 bridgehead atoms. The summed E-state index contributed by atoms with van der Waals surface area (Å²) in [6, 6.07) is 5.22. The second kappa shape index (κ2) is 8.82. The standard InChI is InChI=1S/C18H14F4N4O5S2/c1-31-13-9-23-17(24-10-13)26-32(27,28)14-5-3-12(4-6-14)25-33(29,30)16-7-2-11(8-15(16)19)18(20,21)22/h2-10,25H,1H3,(H,23,24,26). The van der Waals surface area contributed by atoms with Crippen LogP contribution in [0.25, 0.3) is 0 Å². The summed E-state index contributed by atoms with van der Waals surface area (Å²) in [7, 11) is -7.35. The Bertz CT molecular complexity index is 1360. The third-order valence-corrected chi connectivity index (χ3v) is 6.81. The van der Waals surface area contributed by atoms with Crippen molar-refractivity contribution in [2.24, 2.45) is 0 Å². The molecule has 33 heavy (non-hydrogen) atoms. The zero-order valence-electron chi connectivity index (χ0n) is 16.5. The van der Waals surface area contributed by atoms with Crippen LogP contribution in [-0.2, 0) is 26.2 Å². The fourth-order valence-corrected chi connectivity index (χ4v) is 4.54. The van der Waals surface area contributed by atoms with E-state index in [2.05, 4.69) is 14.7 Å². The van der Waals surface area contributed by atoms with Crippen LogP contribution in [-0.4, -0.2) is 33.9 Å². The molecule has 2 aromatic carbocycles. The molecule has 1 aromatic heterocycles. The minimum atomic E-state index is -4.84. The van der Waals surface area contributed by atoms with Gasteiger partial charge in [0, 0.05) is 5.69 Å². The van der Waals surface area contributed by atoms with Gasteiger partial charge in [-0.1, -0.05) is 0 Å². The maximum atomic E-state index is 14.0. The van der Waals surface area contributed by atoms with Gasteiger partial charge >= 0.3 is 6.18 Å². The molecule has 0 spiro atoms. The number of nitrogens with one attached hydrogen (secondary N) is 2. The number of sulfonamides is 2. The summed E-state index contributed by atoms with van der Waals surface area (Å²) in [5.41, 5.74) is -1.50. The van der Waals surface area contributed by atoms with E-state index in [1.165, 1.54) is 19.5 Å². The molecule has 0 aliphatic heterocycles. The predicted molar refractivity (Wildman–Crippen MR) is 108 cm³/mol. The summed E-state index contributed by atoms with van der Waals surface area (Å²) in [6.45, 7) is 0. The number of hydrogen-bond donors (Lipinski definition) is 2. The fraction of sp³-hybridized carbons (Fsp3) is 0.111. The first-order valence-electron chi connectivity index (χ1n) is 8.70. The van der Waals surface area contributed by atoms with Gasteiger partial charge in [-0.2, -0.15) is 13.2 Å². The molecule has 176 valence electrons. The lowest BCUT2D eigenvalue weighted by Crippen LogP contribution is -2.17. The van der Waals surface area contributed by atoms with E-state index in [-0.39, 0.29) is 22.6 Å².